The zero-order valence-corrected chi connectivity index (χ0v) is 21.6. The Kier molecular flexibility index (Phi) is 11.6. The molecule has 0 aliphatic carbocycles. The fourth-order valence-electron chi connectivity index (χ4n) is 4.00. The molecule has 0 unspecified atom stereocenters. The van der Waals surface area contributed by atoms with Gasteiger partial charge in [0.2, 0.25) is 0 Å². The molecule has 1 aromatic carbocycles. The molecule has 12 nitrogen and oxygen atoms in total. The number of piperidine rings is 1. The van der Waals surface area contributed by atoms with E-state index >= 15 is 0 Å². The Morgan fingerprint density at radius 2 is 1.38 bits per heavy atom. The van der Waals surface area contributed by atoms with E-state index in [1.165, 1.54) is 16.7 Å². The molecule has 0 spiro atoms. The highest BCUT2D eigenvalue weighted by Crippen LogP contribution is 2.36. The highest BCUT2D eigenvalue weighted by Gasteiger charge is 2.24. The molecule has 2 aliphatic rings. The Bertz CT molecular complexity index is 1220. The lowest BCUT2D eigenvalue weighted by molar-refractivity contribution is -0.134. The summed E-state index contributed by atoms with van der Waals surface area (Å²) >= 11 is 0. The van der Waals surface area contributed by atoms with Gasteiger partial charge in [0, 0.05) is 61.9 Å². The first-order valence-corrected chi connectivity index (χ1v) is 11.9. The predicted octanol–water partition coefficient (Wildman–Crippen LogP) is 2.40. The van der Waals surface area contributed by atoms with E-state index in [2.05, 4.69) is 40.9 Å². The summed E-state index contributed by atoms with van der Waals surface area (Å²) in [6.07, 6.45) is 9.55. The average Bonchev–Trinajstić information content (AvgIpc) is 3.29. The second kappa shape index (κ2) is 14.9. The third-order valence-electron chi connectivity index (χ3n) is 5.82. The first-order valence-electron chi connectivity index (χ1n) is 11.9. The molecule has 1 saturated heterocycles. The number of carboxylic acids is 4. The van der Waals surface area contributed by atoms with E-state index in [4.69, 9.17) is 30.1 Å². The number of rotatable bonds is 5. The first-order chi connectivity index (χ1) is 18.5. The fraction of sp³-hybridized carbons (Fsp3) is 0.296. The highest BCUT2D eigenvalue weighted by atomic mass is 16.5. The van der Waals surface area contributed by atoms with E-state index in [0.717, 1.165) is 50.5 Å². The maximum Gasteiger partial charge on any atom is 0.328 e. The zero-order valence-electron chi connectivity index (χ0n) is 21.6. The van der Waals surface area contributed by atoms with Gasteiger partial charge >= 0.3 is 23.9 Å². The molecular formula is C27H31N3O9. The Morgan fingerprint density at radius 3 is 1.87 bits per heavy atom. The summed E-state index contributed by atoms with van der Waals surface area (Å²) in [5.41, 5.74) is 5.62. The van der Waals surface area contributed by atoms with Gasteiger partial charge in [0.05, 0.1) is 7.11 Å². The van der Waals surface area contributed by atoms with Gasteiger partial charge in [0.25, 0.3) is 0 Å². The van der Waals surface area contributed by atoms with Gasteiger partial charge in [-0.25, -0.2) is 24.2 Å². The number of carbonyl (C=O) groups is 4. The van der Waals surface area contributed by atoms with Crippen molar-refractivity contribution < 1.29 is 44.3 Å². The van der Waals surface area contributed by atoms with Gasteiger partial charge in [-0.2, -0.15) is 0 Å². The van der Waals surface area contributed by atoms with Crippen LogP contribution in [0.1, 0.15) is 29.8 Å². The molecular weight excluding hydrogens is 510 g/mol. The molecule has 1 aromatic heterocycles. The van der Waals surface area contributed by atoms with Gasteiger partial charge in [0.15, 0.2) is 0 Å². The summed E-state index contributed by atoms with van der Waals surface area (Å²) in [5, 5.41) is 31.2. The molecule has 2 aliphatic heterocycles. The Hall–Kier alpha value is -4.71. The molecule has 0 radical (unpaired) electrons. The summed E-state index contributed by atoms with van der Waals surface area (Å²) in [4.78, 5) is 45.3. The number of aliphatic carboxylic acids is 4. The van der Waals surface area contributed by atoms with Gasteiger partial charge in [-0.15, -0.1) is 0 Å². The Morgan fingerprint density at radius 1 is 0.846 bits per heavy atom. The SMILES string of the molecule is COc1ccc2c(c1)CCn1ccnc1C2=C1CCN(C)CC1.O=C(O)C=CC(=O)O.O=C(O)C=CC(=O)O. The zero-order chi connectivity index (χ0) is 28.9. The van der Waals surface area contributed by atoms with Crippen LogP contribution in [0.3, 0.4) is 0 Å². The van der Waals surface area contributed by atoms with Gasteiger partial charge in [-0.3, -0.25) is 0 Å². The van der Waals surface area contributed by atoms with Crippen LogP contribution in [0.15, 0.2) is 60.5 Å². The number of imidazole rings is 1. The minimum absolute atomic E-state index is 0.558. The normalized spacial score (nSPS) is 14.7. The van der Waals surface area contributed by atoms with Crippen molar-refractivity contribution in [3.05, 3.63) is 77.4 Å². The van der Waals surface area contributed by atoms with E-state index in [1.54, 1.807) is 12.7 Å². The number of hydrogen-bond donors (Lipinski definition) is 4. The third kappa shape index (κ3) is 9.93. The minimum Gasteiger partial charge on any atom is -0.497 e. The van der Waals surface area contributed by atoms with Crippen molar-refractivity contribution in [2.75, 3.05) is 27.2 Å². The van der Waals surface area contributed by atoms with Crippen LogP contribution in [0.2, 0.25) is 0 Å². The molecule has 2 aromatic rings. The van der Waals surface area contributed by atoms with Crippen molar-refractivity contribution in [1.82, 2.24) is 14.5 Å². The van der Waals surface area contributed by atoms with Crippen molar-refractivity contribution in [2.24, 2.45) is 0 Å². The van der Waals surface area contributed by atoms with Crippen LogP contribution >= 0.6 is 0 Å². The predicted molar refractivity (Wildman–Crippen MR) is 141 cm³/mol. The number of fused-ring (bicyclic) bond motifs is 2. The highest BCUT2D eigenvalue weighted by molar-refractivity contribution is 5.90. The second-order valence-electron chi connectivity index (χ2n) is 8.52. The Balaban J connectivity index is 0.000000277. The number of hydrogen-bond acceptors (Lipinski definition) is 7. The number of aromatic nitrogens is 2. The molecule has 4 N–H and O–H groups in total. The maximum absolute atomic E-state index is 9.55. The van der Waals surface area contributed by atoms with Gasteiger partial charge in [-0.1, -0.05) is 11.6 Å². The number of benzene rings is 1. The summed E-state index contributed by atoms with van der Waals surface area (Å²) in [5.74, 6) is -2.95. The van der Waals surface area contributed by atoms with Crippen molar-refractivity contribution in [2.45, 2.75) is 25.8 Å². The molecule has 208 valence electrons. The van der Waals surface area contributed by atoms with Gasteiger partial charge < -0.3 is 34.6 Å². The lowest BCUT2D eigenvalue weighted by Gasteiger charge is -2.26. The van der Waals surface area contributed by atoms with Crippen LogP contribution < -0.4 is 4.74 Å². The Labute approximate surface area is 224 Å². The second-order valence-corrected chi connectivity index (χ2v) is 8.52. The van der Waals surface area contributed by atoms with E-state index < -0.39 is 23.9 Å². The van der Waals surface area contributed by atoms with Crippen LogP contribution in [0.4, 0.5) is 0 Å². The van der Waals surface area contributed by atoms with Crippen LogP contribution in [-0.4, -0.2) is 86.0 Å². The number of ether oxygens (including phenoxy) is 1. The molecule has 1 fully saturated rings. The van der Waals surface area contributed by atoms with Crippen LogP contribution in [-0.2, 0) is 32.1 Å². The molecule has 3 heterocycles. The first kappa shape index (κ1) is 30.5. The lowest BCUT2D eigenvalue weighted by Crippen LogP contribution is -2.27. The van der Waals surface area contributed by atoms with Crippen LogP contribution in [0.5, 0.6) is 5.75 Å². The fourth-order valence-corrected chi connectivity index (χ4v) is 4.00. The molecule has 0 bridgehead atoms. The number of methoxy groups -OCH3 is 1. The maximum atomic E-state index is 9.55. The summed E-state index contributed by atoms with van der Waals surface area (Å²) < 4.78 is 7.73. The van der Waals surface area contributed by atoms with E-state index in [9.17, 15) is 19.2 Å². The number of carboxylic acid groups (broad SMARTS) is 4. The smallest absolute Gasteiger partial charge is 0.328 e. The average molecular weight is 542 g/mol. The largest absolute Gasteiger partial charge is 0.497 e. The van der Waals surface area contributed by atoms with Crippen LogP contribution in [0, 0.1) is 0 Å². The quantitative estimate of drug-likeness (QED) is 0.408. The molecule has 0 atom stereocenters. The van der Waals surface area contributed by atoms with E-state index in [1.807, 2.05) is 6.20 Å². The van der Waals surface area contributed by atoms with Gasteiger partial charge in [-0.05, 0) is 49.6 Å². The van der Waals surface area contributed by atoms with Crippen LogP contribution in [0.25, 0.3) is 5.57 Å². The number of nitrogens with zero attached hydrogens (tertiary/aromatic N) is 3. The summed E-state index contributed by atoms with van der Waals surface area (Å²) in [6, 6.07) is 6.49. The van der Waals surface area contributed by atoms with Crippen molar-refractivity contribution >= 4 is 29.5 Å². The standard InChI is InChI=1S/C19H23N3O.2C4H4O4/c1-21-9-5-14(6-10-21)18-17-4-3-16(23-2)13-15(17)7-11-22-12-8-20-19(18)22;2*5-3(6)1-2-4(7)8/h3-4,8,12-13H,5-7,9-11H2,1-2H3;2*1-2H,(H,5,6)(H,7,8). The number of likely N-dealkylation sites (tertiary alicyclic amines) is 1. The van der Waals surface area contributed by atoms with E-state index in [0.29, 0.717) is 24.3 Å². The van der Waals surface area contributed by atoms with Crippen molar-refractivity contribution in [3.8, 4) is 5.75 Å². The monoisotopic (exact) mass is 541 g/mol. The molecule has 0 amide bonds. The molecule has 12 heteroatoms. The topological polar surface area (TPSA) is 179 Å². The minimum atomic E-state index is -1.26. The van der Waals surface area contributed by atoms with E-state index in [-0.39, 0.29) is 0 Å². The lowest BCUT2D eigenvalue weighted by atomic mass is 9.90. The molecule has 0 saturated carbocycles. The number of aryl methyl sites for hydroxylation is 2. The molecule has 39 heavy (non-hydrogen) atoms. The van der Waals surface area contributed by atoms with Crippen molar-refractivity contribution in [3.63, 3.8) is 0 Å². The molecule has 4 rings (SSSR count). The summed E-state index contributed by atoms with van der Waals surface area (Å²) in [7, 11) is 3.94. The third-order valence-corrected chi connectivity index (χ3v) is 5.82. The van der Waals surface area contributed by atoms with Gasteiger partial charge in [0.1, 0.15) is 11.6 Å². The summed E-state index contributed by atoms with van der Waals surface area (Å²) in [6.45, 7) is 3.24. The van der Waals surface area contributed by atoms with Crippen molar-refractivity contribution in [1.29, 1.82) is 0 Å².